The first-order valence-electron chi connectivity index (χ1n) is 9.33. The first kappa shape index (κ1) is 19.1. The maximum absolute atomic E-state index is 13.2. The van der Waals surface area contributed by atoms with Crippen LogP contribution in [-0.2, 0) is 27.7 Å². The number of carbonyl (C=O) groups is 1. The van der Waals surface area contributed by atoms with Crippen molar-refractivity contribution in [3.63, 3.8) is 0 Å². The Morgan fingerprint density at radius 1 is 1.29 bits per heavy atom. The highest BCUT2D eigenvalue weighted by Crippen LogP contribution is 2.29. The number of aromatic nitrogens is 1. The number of hydrogen-bond donors (Lipinski definition) is 0. The van der Waals surface area contributed by atoms with E-state index in [0.717, 1.165) is 24.0 Å². The van der Waals surface area contributed by atoms with Crippen molar-refractivity contribution < 1.29 is 22.5 Å². The standard InChI is InChI=1S/C19H23N3O5S/c1-26-13-16-3-2-8-22(16)28(24,25)17-5-4-14-6-9-21(12-15(14)11-17)19(23)18-7-10-27-20-18/h4-5,7,10-11,16H,2-3,6,8-9,12-13H2,1H3/t16-/m0/s1. The van der Waals surface area contributed by atoms with Gasteiger partial charge in [0.1, 0.15) is 6.26 Å². The fourth-order valence-corrected chi connectivity index (χ4v) is 5.70. The zero-order chi connectivity index (χ0) is 19.7. The third kappa shape index (κ3) is 3.45. The molecular weight excluding hydrogens is 382 g/mol. The Hall–Kier alpha value is -2.23. The summed E-state index contributed by atoms with van der Waals surface area (Å²) in [6.07, 6.45) is 3.67. The normalized spacial score (nSPS) is 20.3. The lowest BCUT2D eigenvalue weighted by Crippen LogP contribution is -2.38. The van der Waals surface area contributed by atoms with Gasteiger partial charge in [-0.3, -0.25) is 4.79 Å². The molecule has 0 spiro atoms. The van der Waals surface area contributed by atoms with Gasteiger partial charge in [0.25, 0.3) is 5.91 Å². The van der Waals surface area contributed by atoms with E-state index in [1.807, 2.05) is 6.07 Å². The summed E-state index contributed by atoms with van der Waals surface area (Å²) in [6, 6.07) is 6.64. The molecule has 1 fully saturated rings. The molecule has 0 bridgehead atoms. The Balaban J connectivity index is 1.59. The highest BCUT2D eigenvalue weighted by molar-refractivity contribution is 7.89. The topological polar surface area (TPSA) is 93.0 Å². The number of hydrogen-bond acceptors (Lipinski definition) is 6. The van der Waals surface area contributed by atoms with Crippen LogP contribution >= 0.6 is 0 Å². The van der Waals surface area contributed by atoms with Gasteiger partial charge in [-0.25, -0.2) is 8.42 Å². The van der Waals surface area contributed by atoms with Gasteiger partial charge in [0.05, 0.1) is 11.5 Å². The first-order valence-corrected chi connectivity index (χ1v) is 10.8. The van der Waals surface area contributed by atoms with Crippen molar-refractivity contribution in [1.29, 1.82) is 0 Å². The SMILES string of the molecule is COC[C@@H]1CCCN1S(=O)(=O)c1ccc2c(c1)CN(C(=O)c1ccon1)CC2. The molecule has 0 aliphatic carbocycles. The molecule has 2 aliphatic rings. The van der Waals surface area contributed by atoms with Crippen molar-refractivity contribution in [2.45, 2.75) is 36.7 Å². The van der Waals surface area contributed by atoms with E-state index in [0.29, 0.717) is 32.7 Å². The number of nitrogens with zero attached hydrogens (tertiary/aromatic N) is 3. The van der Waals surface area contributed by atoms with Crippen molar-refractivity contribution in [3.05, 3.63) is 47.3 Å². The van der Waals surface area contributed by atoms with Crippen LogP contribution in [0.15, 0.2) is 39.9 Å². The van der Waals surface area contributed by atoms with E-state index in [9.17, 15) is 13.2 Å². The fourth-order valence-electron chi connectivity index (χ4n) is 3.97. The van der Waals surface area contributed by atoms with E-state index in [-0.39, 0.29) is 22.5 Å². The van der Waals surface area contributed by atoms with Crippen molar-refractivity contribution in [2.75, 3.05) is 26.8 Å². The molecule has 28 heavy (non-hydrogen) atoms. The van der Waals surface area contributed by atoms with Crippen LogP contribution in [0.25, 0.3) is 0 Å². The monoisotopic (exact) mass is 405 g/mol. The van der Waals surface area contributed by atoms with Crippen molar-refractivity contribution >= 4 is 15.9 Å². The average Bonchev–Trinajstić information content (AvgIpc) is 3.39. The highest BCUT2D eigenvalue weighted by atomic mass is 32.2. The Morgan fingerprint density at radius 3 is 2.89 bits per heavy atom. The molecule has 1 aromatic carbocycles. The third-order valence-electron chi connectivity index (χ3n) is 5.42. The van der Waals surface area contributed by atoms with Gasteiger partial charge in [-0.1, -0.05) is 11.2 Å². The number of benzene rings is 1. The number of methoxy groups -OCH3 is 1. The molecular formula is C19H23N3O5S. The summed E-state index contributed by atoms with van der Waals surface area (Å²) >= 11 is 0. The number of fused-ring (bicyclic) bond motifs is 1. The first-order chi connectivity index (χ1) is 13.5. The van der Waals surface area contributed by atoms with Gasteiger partial charge in [-0.05, 0) is 42.5 Å². The minimum Gasteiger partial charge on any atom is -0.383 e. The lowest BCUT2D eigenvalue weighted by atomic mass is 9.99. The highest BCUT2D eigenvalue weighted by Gasteiger charge is 2.36. The Bertz CT molecular complexity index is 958. The van der Waals surface area contributed by atoms with Gasteiger partial charge >= 0.3 is 0 Å². The van der Waals surface area contributed by atoms with E-state index < -0.39 is 10.0 Å². The quantitative estimate of drug-likeness (QED) is 0.751. The lowest BCUT2D eigenvalue weighted by molar-refractivity contribution is 0.0724. The molecule has 2 aliphatic heterocycles. The molecule has 0 N–H and O–H groups in total. The van der Waals surface area contributed by atoms with Gasteiger partial charge in [0, 0.05) is 38.9 Å². The van der Waals surface area contributed by atoms with Crippen molar-refractivity contribution in [2.24, 2.45) is 0 Å². The van der Waals surface area contributed by atoms with Crippen molar-refractivity contribution in [3.8, 4) is 0 Å². The number of sulfonamides is 1. The molecule has 1 aromatic heterocycles. The Kier molecular flexibility index (Phi) is 5.22. The van der Waals surface area contributed by atoms with Crippen LogP contribution in [0.5, 0.6) is 0 Å². The maximum Gasteiger partial charge on any atom is 0.276 e. The molecule has 3 heterocycles. The average molecular weight is 405 g/mol. The van der Waals surface area contributed by atoms with Crippen LogP contribution in [0.3, 0.4) is 0 Å². The zero-order valence-corrected chi connectivity index (χ0v) is 16.5. The van der Waals surface area contributed by atoms with Crippen LogP contribution in [0, 0.1) is 0 Å². The second-order valence-electron chi connectivity index (χ2n) is 7.16. The van der Waals surface area contributed by atoms with E-state index in [1.54, 1.807) is 28.4 Å². The zero-order valence-electron chi connectivity index (χ0n) is 15.7. The van der Waals surface area contributed by atoms with Crippen LogP contribution in [-0.4, -0.2) is 61.5 Å². The molecule has 9 heteroatoms. The van der Waals surface area contributed by atoms with Crippen LogP contribution in [0.4, 0.5) is 0 Å². The molecule has 0 radical (unpaired) electrons. The molecule has 1 atom stereocenters. The molecule has 0 unspecified atom stereocenters. The van der Waals surface area contributed by atoms with Gasteiger partial charge in [0.15, 0.2) is 5.69 Å². The molecule has 150 valence electrons. The maximum atomic E-state index is 13.2. The number of rotatable bonds is 5. The van der Waals surface area contributed by atoms with E-state index in [4.69, 9.17) is 9.26 Å². The molecule has 8 nitrogen and oxygen atoms in total. The predicted molar refractivity (Wildman–Crippen MR) is 100 cm³/mol. The molecule has 4 rings (SSSR count). The van der Waals surface area contributed by atoms with Crippen LogP contribution < -0.4 is 0 Å². The second-order valence-corrected chi connectivity index (χ2v) is 9.05. The summed E-state index contributed by atoms with van der Waals surface area (Å²) < 4.78 is 37.8. The van der Waals surface area contributed by atoms with E-state index in [2.05, 4.69) is 5.16 Å². The number of amides is 1. The van der Waals surface area contributed by atoms with Crippen LogP contribution in [0.1, 0.15) is 34.5 Å². The summed E-state index contributed by atoms with van der Waals surface area (Å²) in [5, 5.41) is 3.70. The summed E-state index contributed by atoms with van der Waals surface area (Å²) in [6.45, 7) is 1.81. The molecule has 1 saturated heterocycles. The number of carbonyl (C=O) groups excluding carboxylic acids is 1. The van der Waals surface area contributed by atoms with Gasteiger partial charge in [-0.2, -0.15) is 4.31 Å². The second kappa shape index (κ2) is 7.65. The summed E-state index contributed by atoms with van der Waals surface area (Å²) in [5.41, 5.74) is 2.18. The van der Waals surface area contributed by atoms with Gasteiger partial charge in [-0.15, -0.1) is 0 Å². The lowest BCUT2D eigenvalue weighted by Gasteiger charge is -2.29. The molecule has 2 aromatic rings. The summed E-state index contributed by atoms with van der Waals surface area (Å²) in [7, 11) is -2.02. The van der Waals surface area contributed by atoms with Crippen LogP contribution in [0.2, 0.25) is 0 Å². The minimum atomic E-state index is -3.60. The van der Waals surface area contributed by atoms with E-state index >= 15 is 0 Å². The molecule has 1 amide bonds. The predicted octanol–water partition coefficient (Wildman–Crippen LogP) is 1.67. The fraction of sp³-hybridized carbons (Fsp3) is 0.474. The summed E-state index contributed by atoms with van der Waals surface area (Å²) in [4.78, 5) is 14.5. The third-order valence-corrected chi connectivity index (χ3v) is 7.37. The van der Waals surface area contributed by atoms with Gasteiger partial charge in [0.2, 0.25) is 10.0 Å². The smallest absolute Gasteiger partial charge is 0.276 e. The minimum absolute atomic E-state index is 0.128. The van der Waals surface area contributed by atoms with Gasteiger partial charge < -0.3 is 14.2 Å². The Morgan fingerprint density at radius 2 is 2.14 bits per heavy atom. The molecule has 0 saturated carbocycles. The summed E-state index contributed by atoms with van der Waals surface area (Å²) in [5.74, 6) is -0.215. The van der Waals surface area contributed by atoms with Crippen molar-refractivity contribution in [1.82, 2.24) is 14.4 Å². The largest absolute Gasteiger partial charge is 0.383 e. The van der Waals surface area contributed by atoms with E-state index in [1.165, 1.54) is 12.3 Å². The number of ether oxygens (including phenoxy) is 1. The Labute approximate surface area is 164 Å².